The lowest BCUT2D eigenvalue weighted by molar-refractivity contribution is -0.143. The highest BCUT2D eigenvalue weighted by molar-refractivity contribution is 5.79. The number of unbranched alkanes of at least 4 members (excludes halogenated alkanes) is 1. The van der Waals surface area contributed by atoms with Crippen molar-refractivity contribution >= 4 is 25.9 Å². The van der Waals surface area contributed by atoms with Gasteiger partial charge in [0.05, 0.1) is 32.0 Å². The van der Waals surface area contributed by atoms with Gasteiger partial charge in [-0.15, -0.1) is 0 Å². The smallest absolute Gasteiger partial charge is 0.305 e. The Morgan fingerprint density at radius 2 is 1.20 bits per heavy atom. The number of methoxy groups -OCH3 is 2. The Bertz CT molecular complexity index is 972. The van der Waals surface area contributed by atoms with Crippen LogP contribution in [0.25, 0.3) is 0 Å². The Balaban J connectivity index is -0.000000236. The topological polar surface area (TPSA) is 97.4 Å². The van der Waals surface area contributed by atoms with Crippen LogP contribution in [0.4, 0.5) is 0 Å². The maximum absolute atomic E-state index is 12.0. The first-order chi connectivity index (χ1) is 19.8. The van der Waals surface area contributed by atoms with Crippen molar-refractivity contribution in [1.29, 1.82) is 0 Å². The van der Waals surface area contributed by atoms with E-state index in [1.54, 1.807) is 35.0 Å². The van der Waals surface area contributed by atoms with Gasteiger partial charge in [0, 0.05) is 54.2 Å². The van der Waals surface area contributed by atoms with Gasteiger partial charge < -0.3 is 23.7 Å². The zero-order valence-corrected chi connectivity index (χ0v) is 25.9. The number of benzene rings is 2. The third-order valence-electron chi connectivity index (χ3n) is 6.44. The molecule has 0 fully saturated rings. The Labute approximate surface area is 283 Å². The zero-order chi connectivity index (χ0) is 30.3. The first-order valence-corrected chi connectivity index (χ1v) is 14.4. The number of rotatable bonds is 20. The second-order valence-corrected chi connectivity index (χ2v) is 9.71. The number of esters is 1. The van der Waals surface area contributed by atoms with Gasteiger partial charge in [-0.05, 0) is 57.9 Å². The molecule has 2 rings (SSSR count). The number of Topliss-reactive ketones (excluding diaryl/α,β-unsaturated/α-hetero) is 2. The van der Waals surface area contributed by atoms with E-state index in [1.165, 1.54) is 0 Å². The quantitative estimate of drug-likeness (QED) is 0.0803. The average Bonchev–Trinajstić information content (AvgIpc) is 2.96. The summed E-state index contributed by atoms with van der Waals surface area (Å²) >= 11 is 0. The Hall–Kier alpha value is -3.17. The summed E-state index contributed by atoms with van der Waals surface area (Å²) in [7, 11) is 3.25. The van der Waals surface area contributed by atoms with Gasteiger partial charge in [-0.25, -0.2) is 0 Å². The molecule has 0 amide bonds. The van der Waals surface area contributed by atoms with E-state index in [0.29, 0.717) is 45.5 Å². The highest BCUT2D eigenvalue weighted by atomic mass is 16.5. The van der Waals surface area contributed by atoms with Crippen LogP contribution in [0.3, 0.4) is 0 Å². The van der Waals surface area contributed by atoms with Crippen LogP contribution in [0, 0.1) is 5.92 Å². The predicted molar refractivity (Wildman–Crippen MR) is 192 cm³/mol. The third-order valence-corrected chi connectivity index (χ3v) is 6.44. The fourth-order valence-corrected chi connectivity index (χ4v) is 4.26. The predicted octanol–water partition coefficient (Wildman–Crippen LogP) is 8.41. The lowest BCUT2D eigenvalue weighted by Crippen LogP contribution is -2.30. The van der Waals surface area contributed by atoms with E-state index in [-0.39, 0.29) is 73.8 Å². The Morgan fingerprint density at radius 1 is 0.696 bits per heavy atom. The molecule has 0 bridgehead atoms. The number of carbonyl (C=O) groups excluding carboxylic acids is 3. The third kappa shape index (κ3) is 25.1. The molecule has 2 aromatic carbocycles. The first-order valence-electron chi connectivity index (χ1n) is 14.4. The molecular weight excluding hydrogens is 583 g/mol. The second kappa shape index (κ2) is 33.2. The molecule has 0 saturated heterocycles. The Kier molecular flexibility index (Phi) is 37.8. The molecule has 0 aromatic heterocycles. The molecule has 3 unspecified atom stereocenters. The number of para-hydroxylation sites is 2. The molecule has 9 heteroatoms. The van der Waals surface area contributed by atoms with E-state index in [1.807, 2.05) is 60.7 Å². The molecule has 8 nitrogen and oxygen atoms in total. The summed E-state index contributed by atoms with van der Waals surface area (Å²) in [6.07, 6.45) is 4.23. The van der Waals surface area contributed by atoms with E-state index >= 15 is 0 Å². The zero-order valence-electron chi connectivity index (χ0n) is 25.9. The van der Waals surface area contributed by atoms with Crippen molar-refractivity contribution in [2.75, 3.05) is 34.0 Å². The van der Waals surface area contributed by atoms with Gasteiger partial charge in [0.15, 0.2) is 0 Å². The van der Waals surface area contributed by atoms with Gasteiger partial charge >= 0.3 is 5.97 Å². The lowest BCUT2D eigenvalue weighted by Gasteiger charge is -2.24. The summed E-state index contributed by atoms with van der Waals surface area (Å²) in [5.41, 5.74) is 0. The molecule has 46 heavy (non-hydrogen) atoms. The maximum Gasteiger partial charge on any atom is 0.305 e. The standard InChI is InChI=1S/C20H30O5.C13H18O3.4CH4.B/c1-4-24-20(22)13-9-8-12-18(16(2)21)19(23-3)14-15-25-17-10-6-5-7-11-17;1-11(14)10-13(15-2)8-9-16-12-6-4-3-5-7-12;;;;;/h5-7,10-11,18-19H,4,8-9,12-15H2,1-3H3;3-7,13H,8-10H2,1-2H3;4*1H4;. The number of hydrogen-bond acceptors (Lipinski definition) is 8. The average molecular weight is 648 g/mol. The summed E-state index contributed by atoms with van der Waals surface area (Å²) < 4.78 is 26.9. The van der Waals surface area contributed by atoms with Crippen LogP contribution < -0.4 is 9.47 Å². The van der Waals surface area contributed by atoms with E-state index in [2.05, 4.69) is 0 Å². The summed E-state index contributed by atoms with van der Waals surface area (Å²) in [5, 5.41) is 0. The second-order valence-electron chi connectivity index (χ2n) is 9.71. The van der Waals surface area contributed by atoms with Crippen LogP contribution >= 0.6 is 0 Å². The van der Waals surface area contributed by atoms with Crippen LogP contribution in [-0.2, 0) is 28.6 Å². The molecule has 0 aliphatic carbocycles. The van der Waals surface area contributed by atoms with Crippen LogP contribution in [0.15, 0.2) is 60.7 Å². The van der Waals surface area contributed by atoms with Crippen molar-refractivity contribution < 1.29 is 38.1 Å². The van der Waals surface area contributed by atoms with Gasteiger partial charge in [-0.3, -0.25) is 14.4 Å². The lowest BCUT2D eigenvalue weighted by atomic mass is 9.90. The maximum atomic E-state index is 12.0. The van der Waals surface area contributed by atoms with E-state index in [9.17, 15) is 14.4 Å². The molecule has 0 heterocycles. The van der Waals surface area contributed by atoms with Crippen molar-refractivity contribution in [2.45, 2.75) is 108 Å². The van der Waals surface area contributed by atoms with Crippen molar-refractivity contribution in [3.05, 3.63) is 60.7 Å². The summed E-state index contributed by atoms with van der Waals surface area (Å²) in [4.78, 5) is 34.3. The molecule has 2 aromatic rings. The first kappa shape index (κ1) is 52.4. The molecule has 0 aliphatic heterocycles. The van der Waals surface area contributed by atoms with E-state index < -0.39 is 0 Å². The van der Waals surface area contributed by atoms with Crippen molar-refractivity contribution in [2.24, 2.45) is 5.92 Å². The van der Waals surface area contributed by atoms with Gasteiger partial charge in [-0.2, -0.15) is 0 Å². The van der Waals surface area contributed by atoms with E-state index in [0.717, 1.165) is 30.8 Å². The summed E-state index contributed by atoms with van der Waals surface area (Å²) in [6.45, 7) is 6.43. The largest absolute Gasteiger partial charge is 0.493 e. The molecule has 0 spiro atoms. The number of carbonyl (C=O) groups is 3. The van der Waals surface area contributed by atoms with Crippen LogP contribution in [0.2, 0.25) is 0 Å². The van der Waals surface area contributed by atoms with Crippen molar-refractivity contribution in [1.82, 2.24) is 0 Å². The molecule has 0 saturated carbocycles. The van der Waals surface area contributed by atoms with Crippen LogP contribution in [0.1, 0.15) is 95.4 Å². The molecule has 3 atom stereocenters. The van der Waals surface area contributed by atoms with Crippen LogP contribution in [0.5, 0.6) is 11.5 Å². The fraction of sp³-hybridized carbons (Fsp3) is 0.595. The van der Waals surface area contributed by atoms with Gasteiger partial charge in [0.25, 0.3) is 0 Å². The van der Waals surface area contributed by atoms with Gasteiger partial charge in [-0.1, -0.05) is 72.5 Å². The van der Waals surface area contributed by atoms with Gasteiger partial charge in [0.2, 0.25) is 0 Å². The van der Waals surface area contributed by atoms with Crippen molar-refractivity contribution in [3.8, 4) is 11.5 Å². The highest BCUT2D eigenvalue weighted by Gasteiger charge is 2.25. The fourth-order valence-electron chi connectivity index (χ4n) is 4.26. The SMILES string of the molecule is C.C.C.C.CCOC(=O)CCCCC(C(C)=O)C(CCOc1ccccc1)OC.COC(CCOc1ccccc1)CC(C)=O.[B]. The number of ketones is 2. The minimum atomic E-state index is -0.179. The number of ether oxygens (including phenoxy) is 5. The molecule has 0 N–H and O–H groups in total. The minimum Gasteiger partial charge on any atom is -0.493 e. The minimum absolute atomic E-state index is 0. The normalized spacial score (nSPS) is 11.3. The van der Waals surface area contributed by atoms with Crippen LogP contribution in [-0.4, -0.2) is 72.2 Å². The van der Waals surface area contributed by atoms with Gasteiger partial charge in [0.1, 0.15) is 23.1 Å². The van der Waals surface area contributed by atoms with Crippen molar-refractivity contribution in [3.63, 3.8) is 0 Å². The molecule has 3 radical (unpaired) electrons. The molecule has 0 aliphatic rings. The number of hydrogen-bond donors (Lipinski definition) is 0. The Morgan fingerprint density at radius 3 is 1.61 bits per heavy atom. The monoisotopic (exact) mass is 647 g/mol. The molecule has 263 valence electrons. The summed E-state index contributed by atoms with van der Waals surface area (Å²) in [6, 6.07) is 19.2. The summed E-state index contributed by atoms with van der Waals surface area (Å²) in [5.74, 6) is 1.56. The molecular formula is C37H64BO8. The van der Waals surface area contributed by atoms with E-state index in [4.69, 9.17) is 23.7 Å². The highest BCUT2D eigenvalue weighted by Crippen LogP contribution is 2.21.